The van der Waals surface area contributed by atoms with Gasteiger partial charge in [-0.1, -0.05) is 35.3 Å². The van der Waals surface area contributed by atoms with Gasteiger partial charge in [0, 0.05) is 11.6 Å². The van der Waals surface area contributed by atoms with Crippen LogP contribution in [0.3, 0.4) is 0 Å². The second-order valence-corrected chi connectivity index (χ2v) is 6.19. The Labute approximate surface area is 160 Å². The first kappa shape index (κ1) is 20.0. The largest absolute Gasteiger partial charge is 0.477 e. The van der Waals surface area contributed by atoms with Gasteiger partial charge in [0.25, 0.3) is 5.91 Å². The molecule has 0 aliphatic rings. The van der Waals surface area contributed by atoms with E-state index in [9.17, 15) is 14.0 Å². The standard InChI is InChI=1S/C18H16Cl2FNO4/c1-11(26-16-7-4-13(19)8-15(16)20)18(24)25-10-17(23)22-9-12-2-5-14(21)6-3-12/h2-8,11H,9-10H2,1H3,(H,22,23)/t11-/m1/s1. The molecule has 0 aliphatic carbocycles. The number of benzene rings is 2. The highest BCUT2D eigenvalue weighted by atomic mass is 35.5. The van der Waals surface area contributed by atoms with E-state index in [4.69, 9.17) is 32.7 Å². The van der Waals surface area contributed by atoms with Crippen LogP contribution in [-0.4, -0.2) is 24.6 Å². The molecule has 0 unspecified atom stereocenters. The normalized spacial score (nSPS) is 11.5. The highest BCUT2D eigenvalue weighted by Gasteiger charge is 2.19. The third kappa shape index (κ3) is 6.20. The number of rotatable bonds is 7. The summed E-state index contributed by atoms with van der Waals surface area (Å²) in [7, 11) is 0. The Balaban J connectivity index is 1.76. The van der Waals surface area contributed by atoms with E-state index in [2.05, 4.69) is 5.32 Å². The molecule has 0 saturated carbocycles. The third-order valence-electron chi connectivity index (χ3n) is 3.28. The fourth-order valence-corrected chi connectivity index (χ4v) is 2.37. The van der Waals surface area contributed by atoms with Crippen molar-refractivity contribution in [3.05, 3.63) is 63.9 Å². The Morgan fingerprint density at radius 3 is 2.50 bits per heavy atom. The zero-order valence-electron chi connectivity index (χ0n) is 13.8. The summed E-state index contributed by atoms with van der Waals surface area (Å²) < 4.78 is 23.1. The zero-order valence-corrected chi connectivity index (χ0v) is 15.3. The van der Waals surface area contributed by atoms with Gasteiger partial charge in [-0.25, -0.2) is 9.18 Å². The molecule has 2 rings (SSSR count). The Morgan fingerprint density at radius 1 is 1.15 bits per heavy atom. The molecule has 5 nitrogen and oxygen atoms in total. The summed E-state index contributed by atoms with van der Waals surface area (Å²) >= 11 is 11.8. The Bertz CT molecular complexity index is 783. The topological polar surface area (TPSA) is 64.6 Å². The number of esters is 1. The van der Waals surface area contributed by atoms with Crippen molar-refractivity contribution in [1.82, 2.24) is 5.32 Å². The number of carbonyl (C=O) groups is 2. The van der Waals surface area contributed by atoms with Crippen LogP contribution >= 0.6 is 23.2 Å². The average molecular weight is 400 g/mol. The van der Waals surface area contributed by atoms with Crippen LogP contribution in [0.15, 0.2) is 42.5 Å². The van der Waals surface area contributed by atoms with E-state index in [1.54, 1.807) is 18.2 Å². The van der Waals surface area contributed by atoms with Crippen LogP contribution < -0.4 is 10.1 Å². The molecule has 1 amide bonds. The molecule has 2 aromatic carbocycles. The second-order valence-electron chi connectivity index (χ2n) is 5.35. The number of amides is 1. The smallest absolute Gasteiger partial charge is 0.347 e. The molecule has 138 valence electrons. The van der Waals surface area contributed by atoms with Gasteiger partial charge in [-0.05, 0) is 42.8 Å². The second kappa shape index (κ2) is 9.40. The summed E-state index contributed by atoms with van der Waals surface area (Å²) in [5.74, 6) is -1.28. The average Bonchev–Trinajstić information content (AvgIpc) is 2.61. The number of nitrogens with one attached hydrogen (secondary N) is 1. The molecule has 0 heterocycles. The Hall–Kier alpha value is -2.31. The van der Waals surface area contributed by atoms with Crippen molar-refractivity contribution in [2.24, 2.45) is 0 Å². The van der Waals surface area contributed by atoms with Crippen molar-refractivity contribution < 1.29 is 23.5 Å². The van der Waals surface area contributed by atoms with Crippen molar-refractivity contribution in [3.8, 4) is 5.75 Å². The van der Waals surface area contributed by atoms with Gasteiger partial charge >= 0.3 is 5.97 Å². The lowest BCUT2D eigenvalue weighted by atomic mass is 10.2. The molecular formula is C18H16Cl2FNO4. The number of hydrogen-bond acceptors (Lipinski definition) is 4. The van der Waals surface area contributed by atoms with E-state index < -0.39 is 24.6 Å². The highest BCUT2D eigenvalue weighted by molar-refractivity contribution is 6.35. The van der Waals surface area contributed by atoms with Crippen molar-refractivity contribution in [2.45, 2.75) is 19.6 Å². The zero-order chi connectivity index (χ0) is 19.1. The van der Waals surface area contributed by atoms with Crippen LogP contribution in [0.5, 0.6) is 5.75 Å². The molecule has 0 radical (unpaired) electrons. The molecule has 0 aromatic heterocycles. The molecule has 8 heteroatoms. The lowest BCUT2D eigenvalue weighted by Crippen LogP contribution is -2.32. The van der Waals surface area contributed by atoms with E-state index >= 15 is 0 Å². The van der Waals surface area contributed by atoms with Crippen LogP contribution in [0.1, 0.15) is 12.5 Å². The van der Waals surface area contributed by atoms with Crippen molar-refractivity contribution >= 4 is 35.1 Å². The minimum absolute atomic E-state index is 0.198. The number of halogens is 3. The van der Waals surface area contributed by atoms with Gasteiger partial charge in [-0.15, -0.1) is 0 Å². The quantitative estimate of drug-likeness (QED) is 0.719. The lowest BCUT2D eigenvalue weighted by molar-refractivity contribution is -0.154. The van der Waals surface area contributed by atoms with E-state index in [0.717, 1.165) is 5.56 Å². The predicted molar refractivity (Wildman–Crippen MR) is 95.8 cm³/mol. The molecule has 1 atom stereocenters. The van der Waals surface area contributed by atoms with Crippen LogP contribution in [0.2, 0.25) is 10.0 Å². The first-order valence-electron chi connectivity index (χ1n) is 7.64. The van der Waals surface area contributed by atoms with Gasteiger partial charge in [-0.2, -0.15) is 0 Å². The number of hydrogen-bond donors (Lipinski definition) is 1. The third-order valence-corrected chi connectivity index (χ3v) is 3.81. The van der Waals surface area contributed by atoms with Gasteiger partial charge in [-0.3, -0.25) is 4.79 Å². The monoisotopic (exact) mass is 399 g/mol. The molecule has 0 aliphatic heterocycles. The molecule has 0 saturated heterocycles. The molecular weight excluding hydrogens is 384 g/mol. The predicted octanol–water partition coefficient (Wildman–Crippen LogP) is 3.76. The summed E-state index contributed by atoms with van der Waals surface area (Å²) in [5, 5.41) is 3.26. The van der Waals surface area contributed by atoms with Crippen LogP contribution in [0, 0.1) is 5.82 Å². The SMILES string of the molecule is C[C@@H](Oc1ccc(Cl)cc1Cl)C(=O)OCC(=O)NCc1ccc(F)cc1. The van der Waals surface area contributed by atoms with Gasteiger partial charge in [0.2, 0.25) is 0 Å². The highest BCUT2D eigenvalue weighted by Crippen LogP contribution is 2.28. The lowest BCUT2D eigenvalue weighted by Gasteiger charge is -2.15. The maximum Gasteiger partial charge on any atom is 0.347 e. The first-order chi connectivity index (χ1) is 12.3. The number of carbonyl (C=O) groups excluding carboxylic acids is 2. The minimum atomic E-state index is -0.960. The minimum Gasteiger partial charge on any atom is -0.477 e. The Kier molecular flexibility index (Phi) is 7.24. The molecule has 0 fully saturated rings. The summed E-state index contributed by atoms with van der Waals surface area (Å²) in [6.07, 6.45) is -0.960. The Morgan fingerprint density at radius 2 is 1.85 bits per heavy atom. The number of ether oxygens (including phenoxy) is 2. The fourth-order valence-electron chi connectivity index (χ4n) is 1.92. The van der Waals surface area contributed by atoms with Crippen LogP contribution in [-0.2, 0) is 20.9 Å². The van der Waals surface area contributed by atoms with E-state index in [1.165, 1.54) is 31.2 Å². The first-order valence-corrected chi connectivity index (χ1v) is 8.40. The maximum absolute atomic E-state index is 12.8. The summed E-state index contributed by atoms with van der Waals surface area (Å²) in [6, 6.07) is 10.3. The van der Waals surface area contributed by atoms with Gasteiger partial charge < -0.3 is 14.8 Å². The van der Waals surface area contributed by atoms with E-state index in [1.807, 2.05) is 0 Å². The molecule has 26 heavy (non-hydrogen) atoms. The molecule has 1 N–H and O–H groups in total. The van der Waals surface area contributed by atoms with Crippen LogP contribution in [0.25, 0.3) is 0 Å². The van der Waals surface area contributed by atoms with E-state index in [0.29, 0.717) is 5.02 Å². The van der Waals surface area contributed by atoms with Crippen molar-refractivity contribution in [2.75, 3.05) is 6.61 Å². The molecule has 2 aromatic rings. The summed E-state index contributed by atoms with van der Waals surface area (Å²) in [4.78, 5) is 23.6. The van der Waals surface area contributed by atoms with Gasteiger partial charge in [0.15, 0.2) is 12.7 Å². The fraction of sp³-hybridized carbons (Fsp3) is 0.222. The van der Waals surface area contributed by atoms with Crippen molar-refractivity contribution in [1.29, 1.82) is 0 Å². The van der Waals surface area contributed by atoms with Gasteiger partial charge in [0.1, 0.15) is 11.6 Å². The van der Waals surface area contributed by atoms with Gasteiger partial charge in [0.05, 0.1) is 5.02 Å². The van der Waals surface area contributed by atoms with Crippen LogP contribution in [0.4, 0.5) is 4.39 Å². The van der Waals surface area contributed by atoms with Crippen molar-refractivity contribution in [3.63, 3.8) is 0 Å². The maximum atomic E-state index is 12.8. The summed E-state index contributed by atoms with van der Waals surface area (Å²) in [6.45, 7) is 1.22. The summed E-state index contributed by atoms with van der Waals surface area (Å²) in [5.41, 5.74) is 0.722. The molecule has 0 bridgehead atoms. The molecule has 0 spiro atoms. The van der Waals surface area contributed by atoms with E-state index in [-0.39, 0.29) is 23.1 Å².